The minimum atomic E-state index is -1.97. The zero-order chi connectivity index (χ0) is 25.2. The van der Waals surface area contributed by atoms with E-state index in [1.165, 1.54) is 12.1 Å². The molecule has 0 aromatic heterocycles. The zero-order valence-corrected chi connectivity index (χ0v) is 21.5. The van der Waals surface area contributed by atoms with Crippen LogP contribution in [-0.4, -0.2) is 57.5 Å². The molecular formula is C22H28BrF2N3O5S. The molecule has 4 amide bonds. The van der Waals surface area contributed by atoms with Gasteiger partial charge >= 0.3 is 6.03 Å². The quantitative estimate of drug-likeness (QED) is 0.389. The summed E-state index contributed by atoms with van der Waals surface area (Å²) in [4.78, 5) is 39.0. The number of rotatable bonds is 7. The Balaban J connectivity index is 1.87. The van der Waals surface area contributed by atoms with Gasteiger partial charge in [0.2, 0.25) is 11.8 Å². The number of hydrogen-bond donors (Lipinski definition) is 2. The molecule has 2 aliphatic rings. The van der Waals surface area contributed by atoms with E-state index < -0.39 is 70.4 Å². The van der Waals surface area contributed by atoms with E-state index in [1.807, 2.05) is 0 Å². The second-order valence-electron chi connectivity index (χ2n) is 9.29. The number of ether oxygens (including phenoxy) is 1. The van der Waals surface area contributed by atoms with Crippen molar-refractivity contribution < 1.29 is 32.5 Å². The van der Waals surface area contributed by atoms with E-state index in [1.54, 1.807) is 20.8 Å². The molecule has 2 aliphatic heterocycles. The van der Waals surface area contributed by atoms with Crippen LogP contribution in [0.2, 0.25) is 0 Å². The summed E-state index contributed by atoms with van der Waals surface area (Å²) in [5.41, 5.74) is -0.0968. The molecule has 34 heavy (non-hydrogen) atoms. The maximum atomic E-state index is 15.8. The van der Waals surface area contributed by atoms with E-state index in [2.05, 4.69) is 26.0 Å². The Kier molecular flexibility index (Phi) is 8.72. The van der Waals surface area contributed by atoms with Crippen molar-refractivity contribution in [1.29, 1.82) is 0 Å². The maximum absolute atomic E-state index is 15.8. The van der Waals surface area contributed by atoms with Crippen molar-refractivity contribution in [3.8, 4) is 0 Å². The number of imide groups is 2. The fourth-order valence-corrected chi connectivity index (χ4v) is 5.11. The molecule has 0 aliphatic carbocycles. The minimum Gasteiger partial charge on any atom is -0.598 e. The number of benzene rings is 1. The van der Waals surface area contributed by atoms with Crippen LogP contribution in [0.3, 0.4) is 0 Å². The van der Waals surface area contributed by atoms with E-state index in [-0.39, 0.29) is 5.56 Å². The minimum absolute atomic E-state index is 0.0968. The molecule has 2 N–H and O–H groups in total. The van der Waals surface area contributed by atoms with Gasteiger partial charge in [0.25, 0.3) is 0 Å². The fraction of sp³-hybridized carbons (Fsp3) is 0.591. The average Bonchev–Trinajstić information content (AvgIpc) is 2.76. The molecule has 0 spiro atoms. The first-order chi connectivity index (χ1) is 15.9. The van der Waals surface area contributed by atoms with Gasteiger partial charge in [0.15, 0.2) is 0 Å². The van der Waals surface area contributed by atoms with Crippen LogP contribution in [0.4, 0.5) is 13.6 Å². The van der Waals surface area contributed by atoms with Gasteiger partial charge in [0.1, 0.15) is 28.7 Å². The van der Waals surface area contributed by atoms with E-state index in [0.29, 0.717) is 30.5 Å². The highest BCUT2D eigenvalue weighted by Crippen LogP contribution is 2.33. The van der Waals surface area contributed by atoms with Crippen molar-refractivity contribution >= 4 is 45.1 Å². The lowest BCUT2D eigenvalue weighted by Gasteiger charge is -2.38. The normalized spacial score (nSPS) is 23.0. The van der Waals surface area contributed by atoms with Gasteiger partial charge in [-0.1, -0.05) is 15.9 Å². The van der Waals surface area contributed by atoms with Crippen molar-refractivity contribution in [2.75, 3.05) is 13.2 Å². The second-order valence-corrected chi connectivity index (χ2v) is 12.2. The standard InChI is InChI=1S/C22H28BrF2N3O5S/c1-22(2,3)34(32)27-18(14-10-12(23)4-5-16(14)24)17(25)11-15-19(29)26-21(31)28(20(15)30)13-6-8-33-9-7-13/h4-5,10,13,15,17-18,27H,6-9,11H2,1-3H3,(H,26,29,31)/t15-,17-,18+,34-/m1/s1. The molecule has 2 heterocycles. The molecule has 0 unspecified atom stereocenters. The van der Waals surface area contributed by atoms with Crippen molar-refractivity contribution in [1.82, 2.24) is 14.9 Å². The first kappa shape index (κ1) is 27.0. The van der Waals surface area contributed by atoms with E-state index >= 15 is 4.39 Å². The van der Waals surface area contributed by atoms with E-state index in [9.17, 15) is 23.3 Å². The number of halogens is 3. The van der Waals surface area contributed by atoms with Crippen LogP contribution < -0.4 is 10.0 Å². The second kappa shape index (κ2) is 11.0. The lowest BCUT2D eigenvalue weighted by Crippen LogP contribution is -2.62. The van der Waals surface area contributed by atoms with Crippen LogP contribution in [0.15, 0.2) is 22.7 Å². The SMILES string of the molecule is CC(C)(C)[S@@+]([O-])N[C@@H](c1cc(Br)ccc1F)[C@H](F)C[C@@H]1C(=O)NC(=O)N(C2CCOCC2)C1=O. The first-order valence-electron chi connectivity index (χ1n) is 10.9. The highest BCUT2D eigenvalue weighted by Gasteiger charge is 2.46. The predicted molar refractivity (Wildman–Crippen MR) is 125 cm³/mol. The number of alkyl halides is 1. The molecule has 3 rings (SSSR count). The van der Waals surface area contributed by atoms with Gasteiger partial charge in [-0.15, -0.1) is 4.72 Å². The van der Waals surface area contributed by atoms with Gasteiger partial charge in [0, 0.05) is 47.1 Å². The Bertz CT molecular complexity index is 942. The molecule has 1 aromatic carbocycles. The molecule has 2 fully saturated rings. The van der Waals surface area contributed by atoms with Crippen molar-refractivity contribution in [2.24, 2.45) is 5.92 Å². The first-order valence-corrected chi connectivity index (χ1v) is 12.9. The van der Waals surface area contributed by atoms with Gasteiger partial charge in [-0.05, 0) is 51.8 Å². The van der Waals surface area contributed by atoms with Gasteiger partial charge in [-0.25, -0.2) is 13.6 Å². The summed E-state index contributed by atoms with van der Waals surface area (Å²) >= 11 is 1.45. The molecule has 0 bridgehead atoms. The van der Waals surface area contributed by atoms with Crippen LogP contribution >= 0.6 is 15.9 Å². The van der Waals surface area contributed by atoms with E-state index in [4.69, 9.17) is 4.74 Å². The van der Waals surface area contributed by atoms with Crippen molar-refractivity contribution in [3.05, 3.63) is 34.1 Å². The summed E-state index contributed by atoms with van der Waals surface area (Å²) in [5.74, 6) is -3.93. The third-order valence-electron chi connectivity index (χ3n) is 5.76. The number of barbiturate groups is 1. The van der Waals surface area contributed by atoms with Crippen molar-refractivity contribution in [3.63, 3.8) is 0 Å². The third kappa shape index (κ3) is 6.14. The average molecular weight is 564 g/mol. The lowest BCUT2D eigenvalue weighted by atomic mass is 9.91. The maximum Gasteiger partial charge on any atom is 0.331 e. The smallest absolute Gasteiger partial charge is 0.331 e. The summed E-state index contributed by atoms with van der Waals surface area (Å²) < 4.78 is 50.8. The van der Waals surface area contributed by atoms with Crippen molar-refractivity contribution in [2.45, 2.75) is 63.0 Å². The van der Waals surface area contributed by atoms with Crippen LogP contribution in [0.1, 0.15) is 51.6 Å². The Hall–Kier alpha value is -1.60. The Morgan fingerprint density at radius 3 is 2.56 bits per heavy atom. The van der Waals surface area contributed by atoms with Gasteiger partial charge in [-0.2, -0.15) is 0 Å². The molecule has 12 heteroatoms. The number of nitrogens with one attached hydrogen (secondary N) is 2. The zero-order valence-electron chi connectivity index (χ0n) is 19.1. The highest BCUT2D eigenvalue weighted by molar-refractivity contribution is 9.10. The fourth-order valence-electron chi connectivity index (χ4n) is 3.87. The molecule has 4 atom stereocenters. The summed E-state index contributed by atoms with van der Waals surface area (Å²) in [6.45, 7) is 5.74. The number of amides is 4. The largest absolute Gasteiger partial charge is 0.598 e. The van der Waals surface area contributed by atoms with Gasteiger partial charge < -0.3 is 9.29 Å². The highest BCUT2D eigenvalue weighted by atomic mass is 79.9. The van der Waals surface area contributed by atoms with Crippen LogP contribution in [0, 0.1) is 11.7 Å². The number of nitrogens with zero attached hydrogens (tertiary/aromatic N) is 1. The summed E-state index contributed by atoms with van der Waals surface area (Å²) in [6, 6.07) is 1.24. The molecule has 188 valence electrons. The number of carbonyl (C=O) groups is 3. The Morgan fingerprint density at radius 2 is 1.94 bits per heavy atom. The molecular weight excluding hydrogens is 536 g/mol. The van der Waals surface area contributed by atoms with Crippen LogP contribution in [-0.2, 0) is 25.7 Å². The molecule has 1 aromatic rings. The monoisotopic (exact) mass is 563 g/mol. The number of hydrogen-bond acceptors (Lipinski definition) is 6. The number of urea groups is 1. The molecule has 2 saturated heterocycles. The lowest BCUT2D eigenvalue weighted by molar-refractivity contribution is -0.146. The molecule has 0 saturated carbocycles. The van der Waals surface area contributed by atoms with Gasteiger partial charge in [0.05, 0.1) is 0 Å². The summed E-state index contributed by atoms with van der Waals surface area (Å²) in [5, 5.41) is 2.13. The van der Waals surface area contributed by atoms with Gasteiger partial charge in [-0.3, -0.25) is 19.8 Å². The number of carbonyl (C=O) groups excluding carboxylic acids is 3. The topological polar surface area (TPSA) is 111 Å². The van der Waals surface area contributed by atoms with E-state index in [0.717, 1.165) is 11.0 Å². The Morgan fingerprint density at radius 1 is 1.29 bits per heavy atom. The Labute approximate surface area is 208 Å². The summed E-state index contributed by atoms with van der Waals surface area (Å²) in [6.07, 6.45) is -1.77. The summed E-state index contributed by atoms with van der Waals surface area (Å²) in [7, 11) is 0. The van der Waals surface area contributed by atoms with Crippen LogP contribution in [0.25, 0.3) is 0 Å². The van der Waals surface area contributed by atoms with Crippen LogP contribution in [0.5, 0.6) is 0 Å². The third-order valence-corrected chi connectivity index (χ3v) is 7.84. The predicted octanol–water partition coefficient (Wildman–Crippen LogP) is 3.28. The molecule has 8 nitrogen and oxygen atoms in total. The molecule has 0 radical (unpaired) electrons.